The zero-order chi connectivity index (χ0) is 17.3. The second-order valence-corrected chi connectivity index (χ2v) is 8.07. The monoisotopic (exact) mass is 348 g/mol. The highest BCUT2D eigenvalue weighted by Crippen LogP contribution is 2.34. The van der Waals surface area contributed by atoms with E-state index < -0.39 is 0 Å². The van der Waals surface area contributed by atoms with Crippen LogP contribution in [0.3, 0.4) is 0 Å². The van der Waals surface area contributed by atoms with Gasteiger partial charge in [-0.25, -0.2) is 0 Å². The Morgan fingerprint density at radius 1 is 0.885 bits per heavy atom. The number of rotatable bonds is 4. The summed E-state index contributed by atoms with van der Waals surface area (Å²) < 4.78 is 5.86. The summed E-state index contributed by atoms with van der Waals surface area (Å²) in [7, 11) is 0. The number of anilines is 1. The SMILES string of the molecule is c1ccc(N2CC3CCC2CN3CCC2COCc3ccccc32)cc1. The highest BCUT2D eigenvalue weighted by atomic mass is 16.5. The minimum Gasteiger partial charge on any atom is -0.376 e. The van der Waals surface area contributed by atoms with Crippen LogP contribution in [0.1, 0.15) is 36.3 Å². The molecule has 3 nitrogen and oxygen atoms in total. The van der Waals surface area contributed by atoms with Crippen molar-refractivity contribution in [3.63, 3.8) is 0 Å². The van der Waals surface area contributed by atoms with Crippen molar-refractivity contribution in [3.05, 3.63) is 65.7 Å². The summed E-state index contributed by atoms with van der Waals surface area (Å²) in [6.07, 6.45) is 3.91. The number of hydrogen-bond acceptors (Lipinski definition) is 3. The van der Waals surface area contributed by atoms with E-state index in [2.05, 4.69) is 64.4 Å². The van der Waals surface area contributed by atoms with E-state index >= 15 is 0 Å². The quantitative estimate of drug-likeness (QED) is 0.829. The van der Waals surface area contributed by atoms with Crippen LogP contribution in [-0.2, 0) is 11.3 Å². The van der Waals surface area contributed by atoms with Crippen LogP contribution in [-0.4, -0.2) is 43.2 Å². The molecule has 0 spiro atoms. The van der Waals surface area contributed by atoms with E-state index in [1.165, 1.54) is 55.7 Å². The van der Waals surface area contributed by atoms with Gasteiger partial charge in [0.05, 0.1) is 13.2 Å². The van der Waals surface area contributed by atoms with Gasteiger partial charge >= 0.3 is 0 Å². The largest absolute Gasteiger partial charge is 0.376 e. The van der Waals surface area contributed by atoms with Gasteiger partial charge in [0.1, 0.15) is 0 Å². The Morgan fingerprint density at radius 3 is 2.54 bits per heavy atom. The van der Waals surface area contributed by atoms with Crippen molar-refractivity contribution in [2.75, 3.05) is 31.1 Å². The van der Waals surface area contributed by atoms with E-state index in [0.717, 1.165) is 13.2 Å². The van der Waals surface area contributed by atoms with Crippen LogP contribution in [0.5, 0.6) is 0 Å². The number of hydrogen-bond donors (Lipinski definition) is 0. The number of para-hydroxylation sites is 1. The third-order valence-electron chi connectivity index (χ3n) is 6.57. The maximum absolute atomic E-state index is 5.86. The topological polar surface area (TPSA) is 15.7 Å². The molecule has 6 rings (SSSR count). The van der Waals surface area contributed by atoms with Crippen molar-refractivity contribution in [2.24, 2.45) is 0 Å². The fraction of sp³-hybridized carbons (Fsp3) is 0.478. The molecule has 4 heterocycles. The maximum Gasteiger partial charge on any atom is 0.0719 e. The van der Waals surface area contributed by atoms with Crippen molar-refractivity contribution in [2.45, 2.75) is 43.9 Å². The number of fused-ring (bicyclic) bond motifs is 4. The smallest absolute Gasteiger partial charge is 0.0719 e. The molecule has 3 heteroatoms. The van der Waals surface area contributed by atoms with Crippen LogP contribution in [0.15, 0.2) is 54.6 Å². The molecule has 0 saturated carbocycles. The third kappa shape index (κ3) is 3.04. The molecule has 0 N–H and O–H groups in total. The molecule has 0 aromatic heterocycles. The Kier molecular flexibility index (Phi) is 4.43. The summed E-state index contributed by atoms with van der Waals surface area (Å²) in [6, 6.07) is 21.2. The molecule has 26 heavy (non-hydrogen) atoms. The van der Waals surface area contributed by atoms with Gasteiger partial charge in [-0.2, -0.15) is 0 Å². The Labute approximate surface area is 156 Å². The second kappa shape index (κ2) is 7.05. The predicted octanol–water partition coefficient (Wildman–Crippen LogP) is 4.04. The molecule has 0 radical (unpaired) electrons. The minimum absolute atomic E-state index is 0.561. The van der Waals surface area contributed by atoms with Gasteiger partial charge in [-0.15, -0.1) is 0 Å². The summed E-state index contributed by atoms with van der Waals surface area (Å²) >= 11 is 0. The molecule has 4 aliphatic heterocycles. The minimum atomic E-state index is 0.561. The number of benzene rings is 2. The summed E-state index contributed by atoms with van der Waals surface area (Å²) in [5.41, 5.74) is 4.31. The number of piperidine rings is 2. The van der Waals surface area contributed by atoms with Crippen LogP contribution in [0.25, 0.3) is 0 Å². The zero-order valence-electron chi connectivity index (χ0n) is 15.4. The maximum atomic E-state index is 5.86. The highest BCUT2D eigenvalue weighted by Gasteiger charge is 2.39. The van der Waals surface area contributed by atoms with Gasteiger partial charge in [0.25, 0.3) is 0 Å². The molecule has 2 bridgehead atoms. The molecular formula is C23H28N2O. The first kappa shape index (κ1) is 16.3. The molecule has 3 atom stereocenters. The molecule has 136 valence electrons. The van der Waals surface area contributed by atoms with Crippen LogP contribution < -0.4 is 4.90 Å². The molecule has 2 aromatic rings. The van der Waals surface area contributed by atoms with E-state index in [0.29, 0.717) is 18.0 Å². The first-order valence-corrected chi connectivity index (χ1v) is 10.1. The van der Waals surface area contributed by atoms with E-state index in [1.807, 2.05) is 0 Å². The summed E-state index contributed by atoms with van der Waals surface area (Å²) in [5, 5.41) is 0. The molecule has 2 aromatic carbocycles. The highest BCUT2D eigenvalue weighted by molar-refractivity contribution is 5.48. The Bertz CT molecular complexity index is 747. The van der Waals surface area contributed by atoms with Crippen molar-refractivity contribution in [1.29, 1.82) is 0 Å². The number of piperazine rings is 1. The van der Waals surface area contributed by atoms with E-state index in [9.17, 15) is 0 Å². The Morgan fingerprint density at radius 2 is 1.69 bits per heavy atom. The molecule has 3 saturated heterocycles. The normalized spacial score (nSPS) is 28.2. The molecule has 4 aliphatic rings. The molecule has 3 fully saturated rings. The van der Waals surface area contributed by atoms with E-state index in [4.69, 9.17) is 4.74 Å². The third-order valence-corrected chi connectivity index (χ3v) is 6.57. The summed E-state index contributed by atoms with van der Waals surface area (Å²) in [6.45, 7) is 5.27. The van der Waals surface area contributed by atoms with E-state index in [-0.39, 0.29) is 0 Å². The predicted molar refractivity (Wildman–Crippen MR) is 106 cm³/mol. The van der Waals surface area contributed by atoms with Gasteiger partial charge in [-0.05, 0) is 49.1 Å². The second-order valence-electron chi connectivity index (χ2n) is 8.07. The van der Waals surface area contributed by atoms with Crippen molar-refractivity contribution in [3.8, 4) is 0 Å². The summed E-state index contributed by atoms with van der Waals surface area (Å²) in [5.74, 6) is 0.561. The van der Waals surface area contributed by atoms with Crippen LogP contribution in [0.2, 0.25) is 0 Å². The fourth-order valence-electron chi connectivity index (χ4n) is 5.15. The van der Waals surface area contributed by atoms with Crippen LogP contribution in [0, 0.1) is 0 Å². The number of nitrogens with zero attached hydrogens (tertiary/aromatic N) is 2. The van der Waals surface area contributed by atoms with Gasteiger partial charge in [-0.3, -0.25) is 4.90 Å². The van der Waals surface area contributed by atoms with Gasteiger partial charge in [0.2, 0.25) is 0 Å². The molecule has 0 aliphatic carbocycles. The average molecular weight is 348 g/mol. The van der Waals surface area contributed by atoms with Gasteiger partial charge in [0, 0.05) is 36.8 Å². The zero-order valence-corrected chi connectivity index (χ0v) is 15.4. The summed E-state index contributed by atoms with van der Waals surface area (Å²) in [4.78, 5) is 5.40. The van der Waals surface area contributed by atoms with E-state index in [1.54, 1.807) is 0 Å². The Hall–Kier alpha value is -1.84. The first-order chi connectivity index (χ1) is 12.9. The van der Waals surface area contributed by atoms with Crippen LogP contribution in [0.4, 0.5) is 5.69 Å². The van der Waals surface area contributed by atoms with Crippen LogP contribution >= 0.6 is 0 Å². The molecule has 3 unspecified atom stereocenters. The first-order valence-electron chi connectivity index (χ1n) is 10.1. The van der Waals surface area contributed by atoms with Crippen molar-refractivity contribution < 1.29 is 4.74 Å². The van der Waals surface area contributed by atoms with Crippen molar-refractivity contribution in [1.82, 2.24) is 4.90 Å². The lowest BCUT2D eigenvalue weighted by Crippen LogP contribution is -2.63. The van der Waals surface area contributed by atoms with Gasteiger partial charge in [-0.1, -0.05) is 42.5 Å². The lowest BCUT2D eigenvalue weighted by atomic mass is 9.87. The molecule has 0 amide bonds. The van der Waals surface area contributed by atoms with Crippen molar-refractivity contribution >= 4 is 5.69 Å². The fourth-order valence-corrected chi connectivity index (χ4v) is 5.15. The number of ether oxygens (including phenoxy) is 1. The van der Waals surface area contributed by atoms with Gasteiger partial charge in [0.15, 0.2) is 0 Å². The lowest BCUT2D eigenvalue weighted by Gasteiger charge is -2.53. The standard InChI is InChI=1S/C23H28N2O/c1-2-7-20(8-3-1)25-15-21-10-11-22(25)14-24(21)13-12-19-17-26-16-18-6-4-5-9-23(18)19/h1-9,19,21-22H,10-17H2. The Balaban J connectivity index is 1.24. The van der Waals surface area contributed by atoms with Gasteiger partial charge < -0.3 is 9.64 Å². The average Bonchev–Trinajstić information content (AvgIpc) is 2.73. The lowest BCUT2D eigenvalue weighted by molar-refractivity contribution is 0.0670. The molecular weight excluding hydrogens is 320 g/mol.